The summed E-state index contributed by atoms with van der Waals surface area (Å²) in [6.07, 6.45) is 3.25. The van der Waals surface area contributed by atoms with Crippen molar-refractivity contribution in [1.29, 1.82) is 0 Å². The second kappa shape index (κ2) is 3.70. The van der Waals surface area contributed by atoms with Crippen molar-refractivity contribution in [3.8, 4) is 0 Å². The number of likely N-dealkylation sites (tertiary alicyclic amines) is 1. The minimum atomic E-state index is 1.09. The second-order valence-electron chi connectivity index (χ2n) is 3.12. The Bertz CT molecular complexity index is 271. The smallest absolute Gasteiger partial charge is 0.101 e. The summed E-state index contributed by atoms with van der Waals surface area (Å²) in [6.45, 7) is 3.62. The van der Waals surface area contributed by atoms with E-state index in [-0.39, 0.29) is 0 Å². The predicted molar refractivity (Wildman–Crippen MR) is 56.8 cm³/mol. The van der Waals surface area contributed by atoms with Gasteiger partial charge in [0.15, 0.2) is 0 Å². The molecular weight excluding hydrogens is 263 g/mol. The lowest BCUT2D eigenvalue weighted by Crippen LogP contribution is -2.36. The van der Waals surface area contributed by atoms with Crippen LogP contribution in [0.4, 0.5) is 0 Å². The van der Waals surface area contributed by atoms with E-state index in [2.05, 4.69) is 44.6 Å². The molecule has 1 fully saturated rings. The first-order chi connectivity index (χ1) is 5.84. The number of hydrogen-bond acceptors (Lipinski definition) is 2. The van der Waals surface area contributed by atoms with Crippen molar-refractivity contribution >= 4 is 22.6 Å². The van der Waals surface area contributed by atoms with Gasteiger partial charge in [-0.25, -0.2) is 0 Å². The van der Waals surface area contributed by atoms with Gasteiger partial charge in [-0.05, 0) is 59.8 Å². The fourth-order valence-electron chi connectivity index (χ4n) is 1.34. The monoisotopic (exact) mass is 274 g/mol. The third kappa shape index (κ3) is 1.95. The van der Waals surface area contributed by atoms with Crippen molar-refractivity contribution in [2.24, 2.45) is 0 Å². The maximum Gasteiger partial charge on any atom is 0.101 e. The zero-order valence-corrected chi connectivity index (χ0v) is 8.99. The summed E-state index contributed by atoms with van der Waals surface area (Å²) < 4.78 is 1.09. The number of halogens is 1. The molecule has 0 radical (unpaired) electrons. The molecule has 0 bridgehead atoms. The lowest BCUT2D eigenvalue weighted by molar-refractivity contribution is 0.172. The third-order valence-electron chi connectivity index (χ3n) is 2.15. The van der Waals surface area contributed by atoms with Crippen molar-refractivity contribution in [3.05, 3.63) is 27.6 Å². The molecule has 2 nitrogen and oxygen atoms in total. The Morgan fingerprint density at radius 3 is 2.92 bits per heavy atom. The molecular formula is C9H11IN2. The van der Waals surface area contributed by atoms with E-state index in [1.165, 1.54) is 25.1 Å². The highest BCUT2D eigenvalue weighted by Gasteiger charge is 2.13. The maximum absolute atomic E-state index is 4.16. The number of pyridine rings is 1. The zero-order chi connectivity index (χ0) is 8.39. The van der Waals surface area contributed by atoms with E-state index in [1.807, 2.05) is 6.20 Å². The first kappa shape index (κ1) is 8.44. The molecule has 64 valence electrons. The van der Waals surface area contributed by atoms with Gasteiger partial charge in [0, 0.05) is 12.7 Å². The van der Waals surface area contributed by atoms with Gasteiger partial charge < -0.3 is 0 Å². The molecule has 2 rings (SSSR count). The molecule has 0 atom stereocenters. The van der Waals surface area contributed by atoms with Crippen LogP contribution >= 0.6 is 22.6 Å². The minimum absolute atomic E-state index is 1.09. The molecule has 3 heteroatoms. The standard InChI is InChI=1S/C9H11IN2/c10-9-6-8(2-3-11-9)7-12-4-1-5-12/h2-3,6H,1,4-5,7H2. The Balaban J connectivity index is 2.02. The topological polar surface area (TPSA) is 16.1 Å². The normalized spacial score (nSPS) is 17.4. The molecule has 0 amide bonds. The Morgan fingerprint density at radius 2 is 2.33 bits per heavy atom. The molecule has 2 heterocycles. The summed E-state index contributed by atoms with van der Waals surface area (Å²) in [6, 6.07) is 4.25. The molecule has 12 heavy (non-hydrogen) atoms. The van der Waals surface area contributed by atoms with Gasteiger partial charge in [0.25, 0.3) is 0 Å². The molecule has 0 N–H and O–H groups in total. The van der Waals surface area contributed by atoms with Crippen molar-refractivity contribution in [3.63, 3.8) is 0 Å². The average molecular weight is 274 g/mol. The summed E-state index contributed by atoms with van der Waals surface area (Å²) in [7, 11) is 0. The van der Waals surface area contributed by atoms with Crippen molar-refractivity contribution in [2.45, 2.75) is 13.0 Å². The van der Waals surface area contributed by atoms with Crippen LogP contribution in [-0.4, -0.2) is 23.0 Å². The van der Waals surface area contributed by atoms with Gasteiger partial charge in [-0.15, -0.1) is 0 Å². The molecule has 0 aromatic carbocycles. The van der Waals surface area contributed by atoms with Crippen LogP contribution in [0, 0.1) is 3.70 Å². The highest BCUT2D eigenvalue weighted by Crippen LogP contribution is 2.12. The Morgan fingerprint density at radius 1 is 1.50 bits per heavy atom. The molecule has 1 aromatic rings. The first-order valence-electron chi connectivity index (χ1n) is 4.17. The van der Waals surface area contributed by atoms with E-state index in [1.54, 1.807) is 0 Å². The third-order valence-corrected chi connectivity index (χ3v) is 2.74. The Hall–Kier alpha value is -0.160. The molecule has 0 spiro atoms. The lowest BCUT2D eigenvalue weighted by atomic mass is 10.2. The van der Waals surface area contributed by atoms with Gasteiger partial charge in [0.05, 0.1) is 0 Å². The van der Waals surface area contributed by atoms with Crippen LogP contribution < -0.4 is 0 Å². The van der Waals surface area contributed by atoms with E-state index in [0.717, 1.165) is 10.2 Å². The van der Waals surface area contributed by atoms with Gasteiger partial charge in [-0.2, -0.15) is 0 Å². The summed E-state index contributed by atoms with van der Waals surface area (Å²) in [5.74, 6) is 0. The maximum atomic E-state index is 4.16. The van der Waals surface area contributed by atoms with Crippen molar-refractivity contribution in [2.75, 3.05) is 13.1 Å². The molecule has 0 unspecified atom stereocenters. The fraction of sp³-hybridized carbons (Fsp3) is 0.444. The lowest BCUT2D eigenvalue weighted by Gasteiger charge is -2.30. The van der Waals surface area contributed by atoms with Gasteiger partial charge in [0.2, 0.25) is 0 Å². The van der Waals surface area contributed by atoms with Crippen molar-refractivity contribution < 1.29 is 0 Å². The van der Waals surface area contributed by atoms with Gasteiger partial charge in [-0.1, -0.05) is 0 Å². The van der Waals surface area contributed by atoms with Gasteiger partial charge >= 0.3 is 0 Å². The van der Waals surface area contributed by atoms with Crippen LogP contribution in [-0.2, 0) is 6.54 Å². The van der Waals surface area contributed by atoms with Crippen LogP contribution in [0.3, 0.4) is 0 Å². The molecule has 0 saturated carbocycles. The number of hydrogen-bond donors (Lipinski definition) is 0. The SMILES string of the molecule is Ic1cc(CN2CCC2)ccn1. The van der Waals surface area contributed by atoms with Crippen LogP contribution in [0.5, 0.6) is 0 Å². The largest absolute Gasteiger partial charge is 0.299 e. The molecule has 1 aliphatic rings. The summed E-state index contributed by atoms with van der Waals surface area (Å²) >= 11 is 2.25. The van der Waals surface area contributed by atoms with E-state index in [0.29, 0.717) is 0 Å². The van der Waals surface area contributed by atoms with E-state index >= 15 is 0 Å². The van der Waals surface area contributed by atoms with Crippen LogP contribution in [0.1, 0.15) is 12.0 Å². The predicted octanol–water partition coefficient (Wildman–Crippen LogP) is 1.89. The first-order valence-corrected chi connectivity index (χ1v) is 5.25. The number of aromatic nitrogens is 1. The van der Waals surface area contributed by atoms with Gasteiger partial charge in [-0.3, -0.25) is 9.88 Å². The number of nitrogens with zero attached hydrogens (tertiary/aromatic N) is 2. The quantitative estimate of drug-likeness (QED) is 0.605. The van der Waals surface area contributed by atoms with E-state index in [4.69, 9.17) is 0 Å². The molecule has 1 saturated heterocycles. The van der Waals surface area contributed by atoms with Gasteiger partial charge in [0.1, 0.15) is 3.70 Å². The second-order valence-corrected chi connectivity index (χ2v) is 4.22. The van der Waals surface area contributed by atoms with E-state index in [9.17, 15) is 0 Å². The fourth-order valence-corrected chi connectivity index (χ4v) is 1.90. The summed E-state index contributed by atoms with van der Waals surface area (Å²) in [5, 5.41) is 0. The highest BCUT2D eigenvalue weighted by atomic mass is 127. The van der Waals surface area contributed by atoms with Crippen LogP contribution in [0.15, 0.2) is 18.3 Å². The molecule has 0 aliphatic carbocycles. The average Bonchev–Trinajstić information content (AvgIpc) is 1.97. The van der Waals surface area contributed by atoms with Crippen LogP contribution in [0.2, 0.25) is 0 Å². The summed E-state index contributed by atoms with van der Waals surface area (Å²) in [5.41, 5.74) is 1.38. The highest BCUT2D eigenvalue weighted by molar-refractivity contribution is 14.1. The molecule has 1 aliphatic heterocycles. The summed E-state index contributed by atoms with van der Waals surface area (Å²) in [4.78, 5) is 6.61. The van der Waals surface area contributed by atoms with Crippen LogP contribution in [0.25, 0.3) is 0 Å². The minimum Gasteiger partial charge on any atom is -0.299 e. The Labute approximate surface area is 86.1 Å². The van der Waals surface area contributed by atoms with Crippen molar-refractivity contribution in [1.82, 2.24) is 9.88 Å². The molecule has 1 aromatic heterocycles. The Kier molecular flexibility index (Phi) is 2.60. The number of rotatable bonds is 2. The zero-order valence-electron chi connectivity index (χ0n) is 6.83. The van der Waals surface area contributed by atoms with E-state index < -0.39 is 0 Å².